The lowest BCUT2D eigenvalue weighted by Crippen LogP contribution is -2.13. The molecule has 0 radical (unpaired) electrons. The van der Waals surface area contributed by atoms with Crippen molar-refractivity contribution in [1.29, 1.82) is 0 Å². The Morgan fingerprint density at radius 3 is 2.61 bits per heavy atom. The van der Waals surface area contributed by atoms with E-state index >= 15 is 0 Å². The second-order valence-corrected chi connectivity index (χ2v) is 4.35. The van der Waals surface area contributed by atoms with Gasteiger partial charge in [0.05, 0.1) is 0 Å². The molecule has 0 spiro atoms. The molecular formula is C13H13N3OS. The molecule has 0 bridgehead atoms. The minimum atomic E-state index is 0.232. The van der Waals surface area contributed by atoms with Gasteiger partial charge in [-0.15, -0.1) is 0 Å². The summed E-state index contributed by atoms with van der Waals surface area (Å²) in [6.07, 6.45) is 0. The molecule has 0 fully saturated rings. The lowest BCUT2D eigenvalue weighted by atomic mass is 10.2. The van der Waals surface area contributed by atoms with E-state index in [2.05, 4.69) is 9.97 Å². The highest BCUT2D eigenvalue weighted by Gasteiger charge is 2.07. The standard InChI is InChI=1S/C13H13N3OS/c1-8-5-3-4-6-11(8)17-13-15-9(2)7-10(16-13)12(14)18/h3-7H,1-2H3,(H2,14,18). The van der Waals surface area contributed by atoms with Crippen LogP contribution in [0.3, 0.4) is 0 Å². The Balaban J connectivity index is 2.35. The van der Waals surface area contributed by atoms with Crippen molar-refractivity contribution >= 4 is 17.2 Å². The molecule has 1 aromatic heterocycles. The third kappa shape index (κ3) is 2.81. The molecule has 0 saturated carbocycles. The van der Waals surface area contributed by atoms with Gasteiger partial charge in [0.15, 0.2) is 0 Å². The lowest BCUT2D eigenvalue weighted by molar-refractivity contribution is 0.437. The van der Waals surface area contributed by atoms with Crippen LogP contribution in [0.5, 0.6) is 11.8 Å². The summed E-state index contributed by atoms with van der Waals surface area (Å²) in [6.45, 7) is 3.80. The average molecular weight is 259 g/mol. The summed E-state index contributed by atoms with van der Waals surface area (Å²) in [7, 11) is 0. The molecule has 0 atom stereocenters. The van der Waals surface area contributed by atoms with E-state index in [0.29, 0.717) is 5.69 Å². The maximum Gasteiger partial charge on any atom is 0.322 e. The topological polar surface area (TPSA) is 61.0 Å². The summed E-state index contributed by atoms with van der Waals surface area (Å²) in [5, 5.41) is 0. The first-order valence-electron chi connectivity index (χ1n) is 5.45. The average Bonchev–Trinajstić information content (AvgIpc) is 2.31. The Morgan fingerprint density at radius 2 is 1.94 bits per heavy atom. The van der Waals surface area contributed by atoms with Crippen LogP contribution >= 0.6 is 12.2 Å². The van der Waals surface area contributed by atoms with Gasteiger partial charge < -0.3 is 10.5 Å². The molecule has 4 nitrogen and oxygen atoms in total. The van der Waals surface area contributed by atoms with E-state index in [9.17, 15) is 0 Å². The fourth-order valence-electron chi connectivity index (χ4n) is 1.48. The van der Waals surface area contributed by atoms with Crippen molar-refractivity contribution in [2.75, 3.05) is 0 Å². The van der Waals surface area contributed by atoms with Crippen molar-refractivity contribution < 1.29 is 4.74 Å². The molecule has 0 aliphatic heterocycles. The number of benzene rings is 1. The predicted molar refractivity (Wildman–Crippen MR) is 73.9 cm³/mol. The van der Waals surface area contributed by atoms with Crippen molar-refractivity contribution in [3.63, 3.8) is 0 Å². The van der Waals surface area contributed by atoms with E-state index in [1.54, 1.807) is 6.07 Å². The third-order valence-electron chi connectivity index (χ3n) is 2.38. The smallest absolute Gasteiger partial charge is 0.322 e. The molecule has 0 amide bonds. The van der Waals surface area contributed by atoms with E-state index < -0.39 is 0 Å². The van der Waals surface area contributed by atoms with Crippen molar-refractivity contribution in [2.45, 2.75) is 13.8 Å². The van der Waals surface area contributed by atoms with E-state index in [-0.39, 0.29) is 11.0 Å². The van der Waals surface area contributed by atoms with Crippen molar-refractivity contribution in [3.8, 4) is 11.8 Å². The number of para-hydroxylation sites is 1. The molecule has 0 aliphatic carbocycles. The molecule has 2 aromatic rings. The zero-order chi connectivity index (χ0) is 13.1. The van der Waals surface area contributed by atoms with Gasteiger partial charge in [0.25, 0.3) is 0 Å². The van der Waals surface area contributed by atoms with Crippen LogP contribution in [0, 0.1) is 13.8 Å². The normalized spacial score (nSPS) is 10.1. The second-order valence-electron chi connectivity index (χ2n) is 3.91. The van der Waals surface area contributed by atoms with Gasteiger partial charge in [-0.25, -0.2) is 4.98 Å². The minimum Gasteiger partial charge on any atom is -0.424 e. The first-order chi connectivity index (χ1) is 8.56. The quantitative estimate of drug-likeness (QED) is 0.858. The fraction of sp³-hybridized carbons (Fsp3) is 0.154. The Morgan fingerprint density at radius 1 is 1.22 bits per heavy atom. The predicted octanol–water partition coefficient (Wildman–Crippen LogP) is 2.52. The number of nitrogens with two attached hydrogens (primary N) is 1. The Hall–Kier alpha value is -2.01. The highest BCUT2D eigenvalue weighted by Crippen LogP contribution is 2.22. The van der Waals surface area contributed by atoms with Crippen LogP contribution in [-0.4, -0.2) is 15.0 Å². The van der Waals surface area contributed by atoms with Gasteiger partial charge in [0.1, 0.15) is 16.4 Å². The van der Waals surface area contributed by atoms with Crippen LogP contribution in [0.1, 0.15) is 17.0 Å². The summed E-state index contributed by atoms with van der Waals surface area (Å²) >= 11 is 4.90. The number of hydrogen-bond acceptors (Lipinski definition) is 4. The third-order valence-corrected chi connectivity index (χ3v) is 2.59. The summed E-state index contributed by atoms with van der Waals surface area (Å²) in [5.41, 5.74) is 7.85. The van der Waals surface area contributed by atoms with E-state index in [0.717, 1.165) is 17.0 Å². The number of ether oxygens (including phenoxy) is 1. The Kier molecular flexibility index (Phi) is 3.53. The van der Waals surface area contributed by atoms with Crippen LogP contribution in [-0.2, 0) is 0 Å². The highest BCUT2D eigenvalue weighted by atomic mass is 32.1. The number of aromatic nitrogens is 2. The SMILES string of the molecule is Cc1cc(C(N)=S)nc(Oc2ccccc2C)n1. The summed E-state index contributed by atoms with van der Waals surface area (Å²) < 4.78 is 5.64. The molecule has 2 rings (SSSR count). The first kappa shape index (κ1) is 12.4. The largest absolute Gasteiger partial charge is 0.424 e. The maximum absolute atomic E-state index is 5.64. The van der Waals surface area contributed by atoms with Gasteiger partial charge in [-0.3, -0.25) is 0 Å². The molecule has 0 saturated heterocycles. The maximum atomic E-state index is 5.64. The summed E-state index contributed by atoms with van der Waals surface area (Å²) in [4.78, 5) is 8.61. The minimum absolute atomic E-state index is 0.232. The van der Waals surface area contributed by atoms with E-state index in [4.69, 9.17) is 22.7 Å². The van der Waals surface area contributed by atoms with Crippen LogP contribution in [0.15, 0.2) is 30.3 Å². The zero-order valence-electron chi connectivity index (χ0n) is 10.2. The van der Waals surface area contributed by atoms with E-state index in [1.807, 2.05) is 38.1 Å². The molecule has 18 heavy (non-hydrogen) atoms. The molecule has 0 unspecified atom stereocenters. The van der Waals surface area contributed by atoms with Crippen molar-refractivity contribution in [3.05, 3.63) is 47.3 Å². The number of aryl methyl sites for hydroxylation is 2. The molecule has 1 heterocycles. The molecule has 92 valence electrons. The van der Waals surface area contributed by atoms with Gasteiger partial charge in [-0.1, -0.05) is 30.4 Å². The first-order valence-corrected chi connectivity index (χ1v) is 5.86. The molecule has 0 aliphatic rings. The van der Waals surface area contributed by atoms with Crippen LogP contribution < -0.4 is 10.5 Å². The van der Waals surface area contributed by atoms with Gasteiger partial charge >= 0.3 is 6.01 Å². The Labute approximate surface area is 111 Å². The summed E-state index contributed by atoms with van der Waals surface area (Å²) in [5.74, 6) is 0.719. The Bertz CT molecular complexity index is 599. The van der Waals surface area contributed by atoms with Gasteiger partial charge in [-0.05, 0) is 31.5 Å². The van der Waals surface area contributed by atoms with Crippen LogP contribution in [0.2, 0.25) is 0 Å². The monoisotopic (exact) mass is 259 g/mol. The molecule has 2 N–H and O–H groups in total. The van der Waals surface area contributed by atoms with Gasteiger partial charge in [0, 0.05) is 5.69 Å². The number of thiocarbonyl (C=S) groups is 1. The second kappa shape index (κ2) is 5.10. The van der Waals surface area contributed by atoms with Gasteiger partial charge in [-0.2, -0.15) is 4.98 Å². The number of hydrogen-bond donors (Lipinski definition) is 1. The number of nitrogens with zero attached hydrogens (tertiary/aromatic N) is 2. The molecular weight excluding hydrogens is 246 g/mol. The van der Waals surface area contributed by atoms with Crippen LogP contribution in [0.4, 0.5) is 0 Å². The van der Waals surface area contributed by atoms with Crippen molar-refractivity contribution in [1.82, 2.24) is 9.97 Å². The van der Waals surface area contributed by atoms with Crippen LogP contribution in [0.25, 0.3) is 0 Å². The summed E-state index contributed by atoms with van der Waals surface area (Å²) in [6, 6.07) is 9.65. The highest BCUT2D eigenvalue weighted by molar-refractivity contribution is 7.80. The molecule has 5 heteroatoms. The zero-order valence-corrected chi connectivity index (χ0v) is 11.0. The number of rotatable bonds is 3. The van der Waals surface area contributed by atoms with Gasteiger partial charge in [0.2, 0.25) is 0 Å². The lowest BCUT2D eigenvalue weighted by Gasteiger charge is -2.08. The van der Waals surface area contributed by atoms with Crippen molar-refractivity contribution in [2.24, 2.45) is 5.73 Å². The fourth-order valence-corrected chi connectivity index (χ4v) is 1.59. The molecule has 1 aromatic carbocycles. The van der Waals surface area contributed by atoms with E-state index in [1.165, 1.54) is 0 Å².